The van der Waals surface area contributed by atoms with Gasteiger partial charge >= 0.3 is 5.97 Å². The lowest BCUT2D eigenvalue weighted by atomic mass is 10.2. The lowest BCUT2D eigenvalue weighted by Gasteiger charge is -2.06. The number of sulfone groups is 1. The maximum absolute atomic E-state index is 12.9. The Morgan fingerprint density at radius 2 is 1.91 bits per heavy atom. The number of amides is 1. The molecule has 0 radical (unpaired) electrons. The van der Waals surface area contributed by atoms with E-state index in [9.17, 15) is 18.0 Å². The molecule has 4 rings (SSSR count). The van der Waals surface area contributed by atoms with Crippen molar-refractivity contribution in [1.29, 1.82) is 0 Å². The molecule has 0 atom stereocenters. The third kappa shape index (κ3) is 4.26. The van der Waals surface area contributed by atoms with E-state index in [1.165, 1.54) is 42.5 Å². The van der Waals surface area contributed by atoms with E-state index in [0.29, 0.717) is 17.0 Å². The minimum Gasteiger partial charge on any atom is -0.465 e. The molecule has 0 aliphatic carbocycles. The molecule has 0 spiro atoms. The zero-order valence-electron chi connectivity index (χ0n) is 17.4. The molecule has 0 saturated carbocycles. The van der Waals surface area contributed by atoms with Gasteiger partial charge in [0.05, 0.1) is 27.5 Å². The molecule has 2 aromatic carbocycles. The van der Waals surface area contributed by atoms with Crippen LogP contribution in [0.2, 0.25) is 0 Å². The van der Waals surface area contributed by atoms with Gasteiger partial charge in [-0.05, 0) is 25.1 Å². The standard InChI is InChI=1S/C21H20N2O7S2/c1-3-28-19(24)11-23-15-9-16-17(30-12-29-16)10-18(15)31-21(23)22-20(25)13-6-5-7-14(8-13)32(26,27)4-2/h5-10H,3-4,11-12H2,1-2H3. The molecule has 0 N–H and O–H groups in total. The van der Waals surface area contributed by atoms with Crippen LogP contribution in [0.25, 0.3) is 10.2 Å². The summed E-state index contributed by atoms with van der Waals surface area (Å²) in [7, 11) is -3.47. The van der Waals surface area contributed by atoms with E-state index in [4.69, 9.17) is 14.2 Å². The van der Waals surface area contributed by atoms with Gasteiger partial charge in [-0.2, -0.15) is 4.99 Å². The van der Waals surface area contributed by atoms with Crippen molar-refractivity contribution in [1.82, 2.24) is 4.57 Å². The Labute approximate surface area is 187 Å². The van der Waals surface area contributed by atoms with Crippen LogP contribution >= 0.6 is 11.3 Å². The number of esters is 1. The number of ether oxygens (including phenoxy) is 3. The van der Waals surface area contributed by atoms with Gasteiger partial charge in [0.1, 0.15) is 6.54 Å². The van der Waals surface area contributed by atoms with Gasteiger partial charge in [0.25, 0.3) is 5.91 Å². The topological polar surface area (TPSA) is 113 Å². The van der Waals surface area contributed by atoms with Crippen molar-refractivity contribution < 1.29 is 32.2 Å². The number of carbonyl (C=O) groups excluding carboxylic acids is 2. The van der Waals surface area contributed by atoms with Crippen LogP contribution < -0.4 is 14.3 Å². The summed E-state index contributed by atoms with van der Waals surface area (Å²) >= 11 is 1.20. The van der Waals surface area contributed by atoms with E-state index in [1.54, 1.807) is 23.6 Å². The first-order chi connectivity index (χ1) is 15.3. The summed E-state index contributed by atoms with van der Waals surface area (Å²) in [5.41, 5.74) is 0.773. The zero-order chi connectivity index (χ0) is 22.9. The predicted molar refractivity (Wildman–Crippen MR) is 117 cm³/mol. The molecule has 0 fully saturated rings. The number of aromatic nitrogens is 1. The van der Waals surface area contributed by atoms with Crippen LogP contribution in [0.15, 0.2) is 46.3 Å². The lowest BCUT2D eigenvalue weighted by molar-refractivity contribution is -0.143. The molecule has 1 amide bonds. The fraction of sp³-hybridized carbons (Fsp3) is 0.286. The highest BCUT2D eigenvalue weighted by molar-refractivity contribution is 7.91. The quantitative estimate of drug-likeness (QED) is 0.502. The molecule has 1 aliphatic heterocycles. The van der Waals surface area contributed by atoms with Crippen molar-refractivity contribution in [3.63, 3.8) is 0 Å². The van der Waals surface area contributed by atoms with Crippen molar-refractivity contribution >= 4 is 43.3 Å². The average Bonchev–Trinajstić information content (AvgIpc) is 3.36. The maximum atomic E-state index is 12.9. The Hall–Kier alpha value is -3.18. The Morgan fingerprint density at radius 1 is 1.16 bits per heavy atom. The minimum atomic E-state index is -3.47. The number of benzene rings is 2. The fourth-order valence-corrected chi connectivity index (χ4v) is 5.14. The van der Waals surface area contributed by atoms with E-state index in [0.717, 1.165) is 4.70 Å². The largest absolute Gasteiger partial charge is 0.465 e. The molecule has 1 aromatic heterocycles. The van der Waals surface area contributed by atoms with Crippen molar-refractivity contribution in [2.45, 2.75) is 25.3 Å². The van der Waals surface area contributed by atoms with E-state index >= 15 is 0 Å². The molecular formula is C21H20N2O7S2. The van der Waals surface area contributed by atoms with Gasteiger partial charge in [0, 0.05) is 17.7 Å². The number of rotatable bonds is 6. The summed E-state index contributed by atoms with van der Waals surface area (Å²) in [6.07, 6.45) is 0. The van der Waals surface area contributed by atoms with Crippen LogP contribution in [0.1, 0.15) is 24.2 Å². The Morgan fingerprint density at radius 3 is 2.62 bits per heavy atom. The SMILES string of the molecule is CCOC(=O)Cn1c(=NC(=O)c2cccc(S(=O)(=O)CC)c2)sc2cc3c(cc21)OCO3. The summed E-state index contributed by atoms with van der Waals surface area (Å²) in [6, 6.07) is 9.25. The van der Waals surface area contributed by atoms with Gasteiger partial charge in [-0.25, -0.2) is 8.42 Å². The van der Waals surface area contributed by atoms with Crippen molar-refractivity contribution in [2.75, 3.05) is 19.2 Å². The molecule has 1 aliphatic rings. The third-order valence-corrected chi connectivity index (χ3v) is 7.56. The summed E-state index contributed by atoms with van der Waals surface area (Å²) in [5.74, 6) is -0.0790. The maximum Gasteiger partial charge on any atom is 0.326 e. The highest BCUT2D eigenvalue weighted by atomic mass is 32.2. The van der Waals surface area contributed by atoms with Gasteiger partial charge in [0.15, 0.2) is 26.1 Å². The smallest absolute Gasteiger partial charge is 0.326 e. The molecule has 11 heteroatoms. The second-order valence-electron chi connectivity index (χ2n) is 6.80. The number of thiazole rings is 1. The molecule has 0 bridgehead atoms. The van der Waals surface area contributed by atoms with Gasteiger partial charge in [0.2, 0.25) is 6.79 Å². The molecule has 168 valence electrons. The van der Waals surface area contributed by atoms with E-state index < -0.39 is 21.7 Å². The highest BCUT2D eigenvalue weighted by Crippen LogP contribution is 2.37. The molecular weight excluding hydrogens is 456 g/mol. The van der Waals surface area contributed by atoms with Gasteiger partial charge < -0.3 is 18.8 Å². The lowest BCUT2D eigenvalue weighted by Crippen LogP contribution is -2.23. The second-order valence-corrected chi connectivity index (χ2v) is 10.1. The molecule has 9 nitrogen and oxygen atoms in total. The van der Waals surface area contributed by atoms with Crippen molar-refractivity contribution in [3.05, 3.63) is 46.8 Å². The molecule has 2 heterocycles. The first-order valence-corrected chi connectivity index (χ1v) is 12.3. The number of hydrogen-bond acceptors (Lipinski definition) is 8. The third-order valence-electron chi connectivity index (χ3n) is 4.79. The zero-order valence-corrected chi connectivity index (χ0v) is 19.0. The fourth-order valence-electron chi connectivity index (χ4n) is 3.17. The van der Waals surface area contributed by atoms with Crippen LogP contribution in [0.5, 0.6) is 11.5 Å². The first kappa shape index (κ1) is 22.0. The van der Waals surface area contributed by atoms with Crippen LogP contribution in [-0.2, 0) is 25.9 Å². The van der Waals surface area contributed by atoms with E-state index in [-0.39, 0.29) is 41.0 Å². The number of nitrogens with zero attached hydrogens (tertiary/aromatic N) is 2. The summed E-state index contributed by atoms with van der Waals surface area (Å²) in [5, 5.41) is 0. The molecule has 32 heavy (non-hydrogen) atoms. The number of carbonyl (C=O) groups is 2. The van der Waals surface area contributed by atoms with Gasteiger partial charge in [-0.15, -0.1) is 0 Å². The summed E-state index contributed by atoms with van der Waals surface area (Å²) in [6.45, 7) is 3.42. The normalized spacial score (nSPS) is 13.5. The highest BCUT2D eigenvalue weighted by Gasteiger charge is 2.20. The Bertz CT molecular complexity index is 1390. The van der Waals surface area contributed by atoms with Crippen LogP contribution in [0, 0.1) is 0 Å². The van der Waals surface area contributed by atoms with Crippen LogP contribution in [-0.4, -0.2) is 44.0 Å². The second kappa shape index (κ2) is 8.75. The van der Waals surface area contributed by atoms with Gasteiger partial charge in [-0.3, -0.25) is 9.59 Å². The first-order valence-electron chi connectivity index (χ1n) is 9.83. The van der Waals surface area contributed by atoms with E-state index in [1.807, 2.05) is 0 Å². The molecule has 0 unspecified atom stereocenters. The average molecular weight is 477 g/mol. The van der Waals surface area contributed by atoms with E-state index in [2.05, 4.69) is 4.99 Å². The monoisotopic (exact) mass is 476 g/mol. The molecule has 0 saturated heterocycles. The number of fused-ring (bicyclic) bond motifs is 2. The Balaban J connectivity index is 1.81. The Kier molecular flexibility index (Phi) is 6.02. The molecule has 3 aromatic rings. The minimum absolute atomic E-state index is 0.0579. The van der Waals surface area contributed by atoms with Crippen LogP contribution in [0.4, 0.5) is 0 Å². The van der Waals surface area contributed by atoms with Gasteiger partial charge in [-0.1, -0.05) is 24.3 Å². The van der Waals surface area contributed by atoms with Crippen molar-refractivity contribution in [3.8, 4) is 11.5 Å². The summed E-state index contributed by atoms with van der Waals surface area (Å²) in [4.78, 5) is 29.6. The van der Waals surface area contributed by atoms with Crippen molar-refractivity contribution in [2.24, 2.45) is 4.99 Å². The number of hydrogen-bond donors (Lipinski definition) is 0. The van der Waals surface area contributed by atoms with Crippen LogP contribution in [0.3, 0.4) is 0 Å². The summed E-state index contributed by atoms with van der Waals surface area (Å²) < 4.78 is 42.6. The predicted octanol–water partition coefficient (Wildman–Crippen LogP) is 2.53.